The fraction of sp³-hybridized carbons (Fsp3) is 0.895. The van der Waals surface area contributed by atoms with Gasteiger partial charge in [-0.05, 0) is 19.4 Å². The summed E-state index contributed by atoms with van der Waals surface area (Å²) in [5.74, 6) is 2.08. The molecule has 6 heteroatoms. The van der Waals surface area contributed by atoms with E-state index in [1.54, 1.807) is 21.6 Å². The number of hydrogen-bond donors (Lipinski definition) is 2. The molecule has 0 spiro atoms. The quantitative estimate of drug-likeness (QED) is 0.320. The molecule has 0 heterocycles. The van der Waals surface area contributed by atoms with E-state index in [1.807, 2.05) is 20.8 Å². The third kappa shape index (κ3) is 17.0. The lowest BCUT2D eigenvalue weighted by Gasteiger charge is -2.15. The summed E-state index contributed by atoms with van der Waals surface area (Å²) >= 11 is 0. The van der Waals surface area contributed by atoms with Crippen molar-refractivity contribution in [2.45, 2.75) is 79.2 Å². The van der Waals surface area contributed by atoms with Gasteiger partial charge in [0, 0.05) is 42.3 Å². The van der Waals surface area contributed by atoms with E-state index in [0.29, 0.717) is 24.7 Å². The van der Waals surface area contributed by atoms with E-state index >= 15 is 0 Å². The van der Waals surface area contributed by atoms with Crippen molar-refractivity contribution >= 4 is 33.3 Å². The first-order valence-electron chi connectivity index (χ1n) is 9.51. The minimum absolute atomic E-state index is 0.139. The molecule has 0 aromatic rings. The lowest BCUT2D eigenvalue weighted by Crippen LogP contribution is -2.25. The van der Waals surface area contributed by atoms with Crippen LogP contribution in [0.15, 0.2) is 0 Å². The lowest BCUT2D eigenvalue weighted by atomic mass is 9.89. The van der Waals surface area contributed by atoms with Gasteiger partial charge >= 0.3 is 0 Å². The maximum absolute atomic E-state index is 11.8. The van der Waals surface area contributed by atoms with E-state index in [1.165, 1.54) is 19.3 Å². The topological polar surface area (TPSA) is 58.2 Å². The van der Waals surface area contributed by atoms with Crippen LogP contribution in [0.2, 0.25) is 0 Å². The summed E-state index contributed by atoms with van der Waals surface area (Å²) in [6.45, 7) is 12.1. The average molecular weight is 391 g/mol. The summed E-state index contributed by atoms with van der Waals surface area (Å²) in [5.41, 5.74) is -0.240. The number of hydrogen-bond acceptors (Lipinski definition) is 5. The highest BCUT2D eigenvalue weighted by molar-refractivity contribution is 8.76. The average Bonchev–Trinajstić information content (AvgIpc) is 2.51. The molecule has 0 saturated heterocycles. The summed E-state index contributed by atoms with van der Waals surface area (Å²) in [7, 11) is 3.38. The van der Waals surface area contributed by atoms with Crippen LogP contribution >= 0.6 is 21.6 Å². The molecule has 0 atom stereocenters. The highest BCUT2D eigenvalue weighted by atomic mass is 33.1. The van der Waals surface area contributed by atoms with Gasteiger partial charge in [-0.2, -0.15) is 0 Å². The fourth-order valence-corrected chi connectivity index (χ4v) is 4.05. The van der Waals surface area contributed by atoms with Gasteiger partial charge in [-0.3, -0.25) is 9.59 Å². The molecule has 0 aliphatic rings. The molecule has 0 radical (unpaired) electrons. The van der Waals surface area contributed by atoms with Crippen LogP contribution in [-0.2, 0) is 9.59 Å². The Kier molecular flexibility index (Phi) is 14.8. The van der Waals surface area contributed by atoms with Gasteiger partial charge in [0.15, 0.2) is 0 Å². The molecular formula is C19H38N2O2S2. The standard InChI is InChI=1S/C19H38N2O2S2/c1-16(2)20-12-8-6-7-9-13-21-18(23)11-15-25-24-14-10-17(22)19(3,4)5/h16,20H,6-15H2,1-5H3,(H,21,23). The third-order valence-electron chi connectivity index (χ3n) is 3.72. The Morgan fingerprint density at radius 3 is 2.00 bits per heavy atom. The van der Waals surface area contributed by atoms with Gasteiger partial charge in [-0.25, -0.2) is 0 Å². The van der Waals surface area contributed by atoms with Gasteiger partial charge in [0.25, 0.3) is 0 Å². The SMILES string of the molecule is CC(C)NCCCCCCNC(=O)CCSSCCC(=O)C(C)(C)C. The van der Waals surface area contributed by atoms with Crippen LogP contribution in [0.1, 0.15) is 73.1 Å². The van der Waals surface area contributed by atoms with E-state index in [-0.39, 0.29) is 11.3 Å². The van der Waals surface area contributed by atoms with Crippen molar-refractivity contribution in [3.05, 3.63) is 0 Å². The van der Waals surface area contributed by atoms with Crippen LogP contribution in [0.5, 0.6) is 0 Å². The monoisotopic (exact) mass is 390 g/mol. The van der Waals surface area contributed by atoms with Crippen molar-refractivity contribution in [2.75, 3.05) is 24.6 Å². The molecule has 0 aliphatic carbocycles. The van der Waals surface area contributed by atoms with E-state index in [9.17, 15) is 9.59 Å². The fourth-order valence-electron chi connectivity index (χ4n) is 2.07. The zero-order chi connectivity index (χ0) is 19.1. The smallest absolute Gasteiger partial charge is 0.220 e. The molecule has 0 aromatic heterocycles. The Hall–Kier alpha value is -0.200. The molecule has 0 bridgehead atoms. The number of carbonyl (C=O) groups excluding carboxylic acids is 2. The number of unbranched alkanes of at least 4 members (excludes halogenated alkanes) is 3. The molecule has 0 aromatic carbocycles. The van der Waals surface area contributed by atoms with Crippen LogP contribution in [0.25, 0.3) is 0 Å². The molecule has 25 heavy (non-hydrogen) atoms. The van der Waals surface area contributed by atoms with Gasteiger partial charge in [0.1, 0.15) is 5.78 Å². The Morgan fingerprint density at radius 2 is 1.44 bits per heavy atom. The molecular weight excluding hydrogens is 352 g/mol. The van der Waals surface area contributed by atoms with E-state index in [0.717, 1.165) is 31.0 Å². The largest absolute Gasteiger partial charge is 0.356 e. The zero-order valence-corrected chi connectivity index (χ0v) is 18.4. The summed E-state index contributed by atoms with van der Waals surface area (Å²) in [4.78, 5) is 23.5. The molecule has 0 rings (SSSR count). The van der Waals surface area contributed by atoms with E-state index < -0.39 is 0 Å². The number of Topliss-reactive ketones (excluding diaryl/α,β-unsaturated/α-hetero) is 1. The van der Waals surface area contributed by atoms with Crippen molar-refractivity contribution < 1.29 is 9.59 Å². The van der Waals surface area contributed by atoms with Gasteiger partial charge in [0.05, 0.1) is 0 Å². The van der Waals surface area contributed by atoms with Crippen LogP contribution in [0.3, 0.4) is 0 Å². The Labute approximate surface area is 162 Å². The summed E-state index contributed by atoms with van der Waals surface area (Å²) in [6, 6.07) is 0.564. The molecule has 2 N–H and O–H groups in total. The predicted octanol–water partition coefficient (Wildman–Crippen LogP) is 4.44. The second kappa shape index (κ2) is 14.9. The van der Waals surface area contributed by atoms with E-state index in [4.69, 9.17) is 0 Å². The minimum Gasteiger partial charge on any atom is -0.356 e. The highest BCUT2D eigenvalue weighted by Gasteiger charge is 2.20. The zero-order valence-electron chi connectivity index (χ0n) is 16.8. The maximum Gasteiger partial charge on any atom is 0.220 e. The van der Waals surface area contributed by atoms with Crippen LogP contribution < -0.4 is 10.6 Å². The molecule has 0 aliphatic heterocycles. The second-order valence-electron chi connectivity index (χ2n) is 7.69. The van der Waals surface area contributed by atoms with E-state index in [2.05, 4.69) is 24.5 Å². The van der Waals surface area contributed by atoms with Crippen LogP contribution in [0, 0.1) is 5.41 Å². The van der Waals surface area contributed by atoms with Gasteiger partial charge in [0.2, 0.25) is 5.91 Å². The van der Waals surface area contributed by atoms with Gasteiger partial charge < -0.3 is 10.6 Å². The molecule has 0 unspecified atom stereocenters. The molecule has 4 nitrogen and oxygen atoms in total. The minimum atomic E-state index is -0.240. The summed E-state index contributed by atoms with van der Waals surface area (Å²) < 4.78 is 0. The number of amides is 1. The normalized spacial score (nSPS) is 11.8. The van der Waals surface area contributed by atoms with Crippen LogP contribution in [0.4, 0.5) is 0 Å². The first kappa shape index (κ1) is 24.8. The maximum atomic E-state index is 11.8. The van der Waals surface area contributed by atoms with Crippen molar-refractivity contribution in [1.82, 2.24) is 10.6 Å². The number of carbonyl (C=O) groups is 2. The van der Waals surface area contributed by atoms with Crippen molar-refractivity contribution in [3.63, 3.8) is 0 Å². The first-order chi connectivity index (χ1) is 11.7. The third-order valence-corrected chi connectivity index (χ3v) is 6.13. The van der Waals surface area contributed by atoms with Gasteiger partial charge in [-0.15, -0.1) is 0 Å². The molecule has 0 saturated carbocycles. The Bertz CT molecular complexity index is 369. The summed E-state index contributed by atoms with van der Waals surface area (Å²) in [5, 5.41) is 6.40. The molecule has 1 amide bonds. The number of nitrogens with one attached hydrogen (secondary N) is 2. The van der Waals surface area contributed by atoms with Crippen molar-refractivity contribution in [3.8, 4) is 0 Å². The molecule has 148 valence electrons. The Balaban J connectivity index is 3.35. The number of ketones is 1. The summed E-state index contributed by atoms with van der Waals surface area (Å²) in [6.07, 6.45) is 5.83. The second-order valence-corrected chi connectivity index (χ2v) is 10.4. The number of rotatable bonds is 15. The van der Waals surface area contributed by atoms with Crippen molar-refractivity contribution in [1.29, 1.82) is 0 Å². The van der Waals surface area contributed by atoms with Crippen molar-refractivity contribution in [2.24, 2.45) is 5.41 Å². The highest BCUT2D eigenvalue weighted by Crippen LogP contribution is 2.25. The Morgan fingerprint density at radius 1 is 0.880 bits per heavy atom. The first-order valence-corrected chi connectivity index (χ1v) is 12.0. The van der Waals surface area contributed by atoms with Gasteiger partial charge in [-0.1, -0.05) is 69.0 Å². The molecule has 0 fully saturated rings. The lowest BCUT2D eigenvalue weighted by molar-refractivity contribution is -0.125. The van der Waals surface area contributed by atoms with Crippen LogP contribution in [-0.4, -0.2) is 42.3 Å². The predicted molar refractivity (Wildman–Crippen MR) is 113 cm³/mol.